The molecule has 1 N–H and O–H groups in total. The van der Waals surface area contributed by atoms with Crippen LogP contribution in [0.2, 0.25) is 10.0 Å². The normalized spacial score (nSPS) is 10.7. The number of nitrogens with one attached hydrogen (secondary N) is 1. The Hall–Kier alpha value is -2.88. The Morgan fingerprint density at radius 1 is 1.04 bits per heavy atom. The first-order valence-electron chi connectivity index (χ1n) is 7.61. The van der Waals surface area contributed by atoms with Gasteiger partial charge in [-0.05, 0) is 24.3 Å². The molecule has 0 saturated heterocycles. The first-order valence-corrected chi connectivity index (χ1v) is 8.37. The second-order valence-corrected chi connectivity index (χ2v) is 6.04. The van der Waals surface area contributed by atoms with Crippen molar-refractivity contribution in [1.82, 2.24) is 0 Å². The molecule has 2 aromatic carbocycles. The fourth-order valence-electron chi connectivity index (χ4n) is 2.27. The van der Waals surface area contributed by atoms with Crippen molar-refractivity contribution in [3.63, 3.8) is 0 Å². The van der Waals surface area contributed by atoms with Crippen LogP contribution in [0, 0.1) is 11.3 Å². The van der Waals surface area contributed by atoms with Gasteiger partial charge in [0.15, 0.2) is 0 Å². The maximum atomic E-state index is 12.6. The summed E-state index contributed by atoms with van der Waals surface area (Å²) in [5.41, 5.74) is 0.659. The quantitative estimate of drug-likeness (QED) is 0.561. The molecule has 1 amide bonds. The average molecular weight is 407 g/mol. The Morgan fingerprint density at radius 2 is 1.70 bits per heavy atom. The van der Waals surface area contributed by atoms with Crippen LogP contribution in [-0.4, -0.2) is 27.2 Å². The van der Waals surface area contributed by atoms with E-state index < -0.39 is 5.91 Å². The third kappa shape index (κ3) is 4.85. The minimum absolute atomic E-state index is 0.147. The molecule has 0 heterocycles. The Labute approximate surface area is 166 Å². The molecule has 0 unspecified atom stereocenters. The maximum absolute atomic E-state index is 12.6. The number of anilines is 1. The molecule has 0 aliphatic heterocycles. The molecule has 8 heteroatoms. The fraction of sp³-hybridized carbons (Fsp3) is 0.158. The van der Waals surface area contributed by atoms with Gasteiger partial charge in [-0.15, -0.1) is 0 Å². The largest absolute Gasteiger partial charge is 0.496 e. The van der Waals surface area contributed by atoms with Gasteiger partial charge in [-0.3, -0.25) is 4.79 Å². The summed E-state index contributed by atoms with van der Waals surface area (Å²) in [5, 5.41) is 12.8. The molecule has 0 spiro atoms. The Kier molecular flexibility index (Phi) is 6.94. The number of amides is 1. The van der Waals surface area contributed by atoms with E-state index in [-0.39, 0.29) is 5.57 Å². The highest BCUT2D eigenvalue weighted by atomic mass is 35.5. The second kappa shape index (κ2) is 9.17. The number of methoxy groups -OCH3 is 3. The van der Waals surface area contributed by atoms with Gasteiger partial charge >= 0.3 is 0 Å². The van der Waals surface area contributed by atoms with E-state index in [1.807, 2.05) is 6.07 Å². The van der Waals surface area contributed by atoms with Gasteiger partial charge in [0.05, 0.1) is 32.0 Å². The van der Waals surface area contributed by atoms with Crippen molar-refractivity contribution in [2.75, 3.05) is 26.6 Å². The van der Waals surface area contributed by atoms with Crippen molar-refractivity contribution in [1.29, 1.82) is 5.26 Å². The number of hydrogen-bond acceptors (Lipinski definition) is 5. The highest BCUT2D eigenvalue weighted by molar-refractivity contribution is 6.32. The summed E-state index contributed by atoms with van der Waals surface area (Å²) in [6.07, 6.45) is 1.39. The minimum atomic E-state index is -0.637. The van der Waals surface area contributed by atoms with Crippen LogP contribution in [0.5, 0.6) is 17.2 Å². The summed E-state index contributed by atoms with van der Waals surface area (Å²) in [6, 6.07) is 9.77. The first kappa shape index (κ1) is 20.4. The molecule has 0 bridgehead atoms. The zero-order valence-electron chi connectivity index (χ0n) is 14.8. The highest BCUT2D eigenvalue weighted by Crippen LogP contribution is 2.36. The van der Waals surface area contributed by atoms with Gasteiger partial charge in [0.2, 0.25) is 0 Å². The molecule has 0 aromatic heterocycles. The van der Waals surface area contributed by atoms with Crippen LogP contribution in [0.3, 0.4) is 0 Å². The zero-order valence-corrected chi connectivity index (χ0v) is 16.3. The third-order valence-corrected chi connectivity index (χ3v) is 4.11. The lowest BCUT2D eigenvalue weighted by atomic mass is 10.1. The van der Waals surface area contributed by atoms with Crippen molar-refractivity contribution < 1.29 is 19.0 Å². The van der Waals surface area contributed by atoms with E-state index in [2.05, 4.69) is 5.32 Å². The highest BCUT2D eigenvalue weighted by Gasteiger charge is 2.16. The SMILES string of the molecule is COc1cc(NC(=O)/C(C#N)=C/c2cc(Cl)ccc2OC)c(OC)cc1Cl. The van der Waals surface area contributed by atoms with Crippen molar-refractivity contribution in [2.45, 2.75) is 0 Å². The summed E-state index contributed by atoms with van der Waals surface area (Å²) >= 11 is 12.0. The van der Waals surface area contributed by atoms with Crippen LogP contribution >= 0.6 is 23.2 Å². The fourth-order valence-corrected chi connectivity index (χ4v) is 2.68. The number of carbonyl (C=O) groups excluding carboxylic acids is 1. The third-order valence-electron chi connectivity index (χ3n) is 3.58. The number of nitrogens with zero attached hydrogens (tertiary/aromatic N) is 1. The van der Waals surface area contributed by atoms with E-state index >= 15 is 0 Å². The number of nitriles is 1. The standard InChI is InChI=1S/C19H16Cl2N2O4/c1-25-16-5-4-13(20)7-11(16)6-12(10-22)19(24)23-15-9-17(26-2)14(21)8-18(15)27-3/h4-9H,1-3H3,(H,23,24)/b12-6+. The van der Waals surface area contributed by atoms with Crippen molar-refractivity contribution in [3.05, 3.63) is 51.5 Å². The van der Waals surface area contributed by atoms with E-state index in [0.717, 1.165) is 0 Å². The summed E-state index contributed by atoms with van der Waals surface area (Å²) in [6.45, 7) is 0. The van der Waals surface area contributed by atoms with E-state index in [0.29, 0.717) is 38.5 Å². The van der Waals surface area contributed by atoms with Crippen LogP contribution in [0.25, 0.3) is 6.08 Å². The molecule has 0 radical (unpaired) electrons. The molecular weight excluding hydrogens is 391 g/mol. The molecule has 2 rings (SSSR count). The molecule has 27 heavy (non-hydrogen) atoms. The summed E-state index contributed by atoms with van der Waals surface area (Å²) < 4.78 is 15.6. The van der Waals surface area contributed by atoms with Gasteiger partial charge in [0.25, 0.3) is 5.91 Å². The molecule has 0 aliphatic rings. The number of hydrogen-bond donors (Lipinski definition) is 1. The van der Waals surface area contributed by atoms with Crippen molar-refractivity contribution in [3.8, 4) is 23.3 Å². The Morgan fingerprint density at radius 3 is 2.30 bits per heavy atom. The van der Waals surface area contributed by atoms with Crippen LogP contribution in [0.15, 0.2) is 35.9 Å². The summed E-state index contributed by atoms with van der Waals surface area (Å²) in [4.78, 5) is 12.6. The predicted molar refractivity (Wildman–Crippen MR) is 105 cm³/mol. The number of halogens is 2. The lowest BCUT2D eigenvalue weighted by Crippen LogP contribution is -2.14. The molecule has 0 atom stereocenters. The van der Waals surface area contributed by atoms with Gasteiger partial charge < -0.3 is 19.5 Å². The van der Waals surface area contributed by atoms with E-state index in [4.69, 9.17) is 37.4 Å². The molecule has 0 fully saturated rings. The van der Waals surface area contributed by atoms with Crippen molar-refractivity contribution >= 4 is 40.9 Å². The molecule has 0 aliphatic carbocycles. The van der Waals surface area contributed by atoms with E-state index in [9.17, 15) is 10.1 Å². The average Bonchev–Trinajstić information content (AvgIpc) is 2.66. The summed E-state index contributed by atoms with van der Waals surface area (Å²) in [5.74, 6) is 0.520. The van der Waals surface area contributed by atoms with E-state index in [1.54, 1.807) is 18.2 Å². The first-order chi connectivity index (χ1) is 12.9. The lowest BCUT2D eigenvalue weighted by molar-refractivity contribution is -0.112. The van der Waals surface area contributed by atoms with Gasteiger partial charge in [-0.25, -0.2) is 0 Å². The zero-order chi connectivity index (χ0) is 20.0. The second-order valence-electron chi connectivity index (χ2n) is 5.20. The number of carbonyl (C=O) groups is 1. The van der Waals surface area contributed by atoms with Gasteiger partial charge in [-0.2, -0.15) is 5.26 Å². The van der Waals surface area contributed by atoms with Gasteiger partial charge in [0.1, 0.15) is 28.9 Å². The molecule has 6 nitrogen and oxygen atoms in total. The van der Waals surface area contributed by atoms with E-state index in [1.165, 1.54) is 39.5 Å². The Bertz CT molecular complexity index is 936. The number of rotatable bonds is 6. The topological polar surface area (TPSA) is 80.6 Å². The van der Waals surface area contributed by atoms with Crippen LogP contribution in [0.4, 0.5) is 5.69 Å². The van der Waals surface area contributed by atoms with Gasteiger partial charge in [0, 0.05) is 22.7 Å². The number of benzene rings is 2. The maximum Gasteiger partial charge on any atom is 0.266 e. The van der Waals surface area contributed by atoms with Crippen LogP contribution < -0.4 is 19.5 Å². The van der Waals surface area contributed by atoms with Gasteiger partial charge in [-0.1, -0.05) is 23.2 Å². The van der Waals surface area contributed by atoms with Crippen molar-refractivity contribution in [2.24, 2.45) is 0 Å². The monoisotopic (exact) mass is 406 g/mol. The molecule has 0 saturated carbocycles. The molecule has 140 valence electrons. The molecule has 2 aromatic rings. The molecular formula is C19H16Cl2N2O4. The lowest BCUT2D eigenvalue weighted by Gasteiger charge is -2.13. The Balaban J connectivity index is 2.39. The predicted octanol–water partition coefficient (Wildman–Crippen LogP) is 4.56. The number of ether oxygens (including phenoxy) is 3. The van der Waals surface area contributed by atoms with Crippen LogP contribution in [-0.2, 0) is 4.79 Å². The summed E-state index contributed by atoms with van der Waals surface area (Å²) in [7, 11) is 4.37. The van der Waals surface area contributed by atoms with Crippen LogP contribution in [0.1, 0.15) is 5.56 Å². The smallest absolute Gasteiger partial charge is 0.266 e. The minimum Gasteiger partial charge on any atom is -0.496 e.